The van der Waals surface area contributed by atoms with Crippen LogP contribution in [0.25, 0.3) is 0 Å². The van der Waals surface area contributed by atoms with Crippen LogP contribution >= 0.6 is 0 Å². The van der Waals surface area contributed by atoms with Crippen molar-refractivity contribution in [1.29, 1.82) is 0 Å². The van der Waals surface area contributed by atoms with Gasteiger partial charge in [0, 0.05) is 0 Å². The van der Waals surface area contributed by atoms with Crippen LogP contribution in [0.5, 0.6) is 0 Å². The van der Waals surface area contributed by atoms with E-state index in [-0.39, 0.29) is 0 Å². The number of aliphatic hydroxyl groups excluding tert-OH is 3. The molecule has 70 valence electrons. The van der Waals surface area contributed by atoms with Crippen LogP contribution in [0.2, 0.25) is 0 Å². The van der Waals surface area contributed by atoms with Crippen LogP contribution < -0.4 is 0 Å². The third kappa shape index (κ3) is 3.61. The van der Waals surface area contributed by atoms with Gasteiger partial charge in [0.05, 0.1) is 6.61 Å². The molecule has 0 aromatic carbocycles. The number of ketones is 1. The SMILES string of the molecule is CC(C)=CC(=O)[C@@H](O)[C@@H](O)CO. The fourth-order valence-corrected chi connectivity index (χ4v) is 0.659. The summed E-state index contributed by atoms with van der Waals surface area (Å²) in [5, 5.41) is 26.3. The highest BCUT2D eigenvalue weighted by Crippen LogP contribution is 1.98. The van der Waals surface area contributed by atoms with Crippen LogP contribution in [0.4, 0.5) is 0 Å². The van der Waals surface area contributed by atoms with Gasteiger partial charge < -0.3 is 15.3 Å². The van der Waals surface area contributed by atoms with Crippen molar-refractivity contribution in [2.75, 3.05) is 6.61 Å². The molecular weight excluding hydrogens is 160 g/mol. The van der Waals surface area contributed by atoms with E-state index in [1.165, 1.54) is 6.08 Å². The maximum atomic E-state index is 11.0. The van der Waals surface area contributed by atoms with Crippen molar-refractivity contribution < 1.29 is 20.1 Å². The third-order valence-electron chi connectivity index (χ3n) is 1.27. The summed E-state index contributed by atoms with van der Waals surface area (Å²) in [6.45, 7) is 2.79. The molecule has 0 spiro atoms. The van der Waals surface area contributed by atoms with E-state index >= 15 is 0 Å². The van der Waals surface area contributed by atoms with Gasteiger partial charge in [-0.05, 0) is 19.9 Å². The molecule has 3 N–H and O–H groups in total. The molecule has 0 saturated heterocycles. The van der Waals surface area contributed by atoms with Gasteiger partial charge in [0.1, 0.15) is 12.2 Å². The summed E-state index contributed by atoms with van der Waals surface area (Å²) < 4.78 is 0. The molecule has 4 nitrogen and oxygen atoms in total. The largest absolute Gasteiger partial charge is 0.394 e. The Balaban J connectivity index is 4.20. The summed E-state index contributed by atoms with van der Waals surface area (Å²) in [7, 11) is 0. The summed E-state index contributed by atoms with van der Waals surface area (Å²) in [6, 6.07) is 0. The Morgan fingerprint density at radius 2 is 1.92 bits per heavy atom. The minimum absolute atomic E-state index is 0.587. The van der Waals surface area contributed by atoms with E-state index < -0.39 is 24.6 Å². The lowest BCUT2D eigenvalue weighted by Gasteiger charge is -2.11. The van der Waals surface area contributed by atoms with E-state index in [1.54, 1.807) is 13.8 Å². The molecule has 0 rings (SSSR count). The van der Waals surface area contributed by atoms with Gasteiger partial charge in [0.25, 0.3) is 0 Å². The highest BCUT2D eigenvalue weighted by Gasteiger charge is 2.21. The normalized spacial score (nSPS) is 15.1. The molecular formula is C8H14O4. The lowest BCUT2D eigenvalue weighted by molar-refractivity contribution is -0.129. The number of hydrogen-bond acceptors (Lipinski definition) is 4. The molecule has 12 heavy (non-hydrogen) atoms. The first-order valence-corrected chi connectivity index (χ1v) is 3.64. The van der Waals surface area contributed by atoms with Crippen LogP contribution in [0.1, 0.15) is 13.8 Å². The predicted octanol–water partition coefficient (Wildman–Crippen LogP) is -0.764. The Bertz CT molecular complexity index is 181. The fraction of sp³-hybridized carbons (Fsp3) is 0.625. The Labute approximate surface area is 71.1 Å². The maximum Gasteiger partial charge on any atom is 0.186 e. The molecule has 0 radical (unpaired) electrons. The maximum absolute atomic E-state index is 11.0. The van der Waals surface area contributed by atoms with Crippen molar-refractivity contribution in [2.45, 2.75) is 26.1 Å². The highest BCUT2D eigenvalue weighted by molar-refractivity contribution is 5.94. The average Bonchev–Trinajstić information content (AvgIpc) is 2.00. The van der Waals surface area contributed by atoms with E-state index in [1.807, 2.05) is 0 Å². The molecule has 2 atom stereocenters. The van der Waals surface area contributed by atoms with E-state index in [9.17, 15) is 4.79 Å². The van der Waals surface area contributed by atoms with Gasteiger partial charge in [-0.2, -0.15) is 0 Å². The Morgan fingerprint density at radius 3 is 2.25 bits per heavy atom. The van der Waals surface area contributed by atoms with Crippen LogP contribution in [0.15, 0.2) is 11.6 Å². The third-order valence-corrected chi connectivity index (χ3v) is 1.27. The second kappa shape index (κ2) is 5.03. The molecule has 0 bridgehead atoms. The van der Waals surface area contributed by atoms with Gasteiger partial charge in [-0.25, -0.2) is 0 Å². The number of carbonyl (C=O) groups excluding carboxylic acids is 1. The number of aliphatic hydroxyl groups is 3. The molecule has 0 saturated carbocycles. The lowest BCUT2D eigenvalue weighted by atomic mass is 10.1. The monoisotopic (exact) mass is 174 g/mol. The summed E-state index contributed by atoms with van der Waals surface area (Å²) in [5.41, 5.74) is 0.740. The quantitative estimate of drug-likeness (QED) is 0.489. The minimum Gasteiger partial charge on any atom is -0.394 e. The molecule has 0 unspecified atom stereocenters. The molecule has 0 aromatic rings. The highest BCUT2D eigenvalue weighted by atomic mass is 16.4. The van der Waals surface area contributed by atoms with Gasteiger partial charge in [-0.3, -0.25) is 4.79 Å². The van der Waals surface area contributed by atoms with Gasteiger partial charge in [0.15, 0.2) is 5.78 Å². The second-order valence-corrected chi connectivity index (χ2v) is 2.82. The van der Waals surface area contributed by atoms with E-state index in [0.29, 0.717) is 0 Å². The minimum atomic E-state index is -1.52. The van der Waals surface area contributed by atoms with Crippen LogP contribution in [0, 0.1) is 0 Å². The standard InChI is InChI=1S/C8H14O4/c1-5(2)3-6(10)8(12)7(11)4-9/h3,7-9,11-12H,4H2,1-2H3/t7-,8+/m0/s1. The summed E-state index contributed by atoms with van der Waals surface area (Å²) in [4.78, 5) is 11.0. The van der Waals surface area contributed by atoms with Gasteiger partial charge in [0.2, 0.25) is 0 Å². The zero-order valence-corrected chi connectivity index (χ0v) is 7.19. The summed E-state index contributed by atoms with van der Waals surface area (Å²) in [6.07, 6.45) is -1.69. The molecule has 0 aliphatic heterocycles. The van der Waals surface area contributed by atoms with Gasteiger partial charge in [-0.1, -0.05) is 5.57 Å². The first-order chi connectivity index (χ1) is 5.49. The second-order valence-electron chi connectivity index (χ2n) is 2.82. The molecule has 0 aromatic heterocycles. The van der Waals surface area contributed by atoms with Crippen molar-refractivity contribution in [1.82, 2.24) is 0 Å². The van der Waals surface area contributed by atoms with E-state index in [4.69, 9.17) is 15.3 Å². The van der Waals surface area contributed by atoms with E-state index in [0.717, 1.165) is 5.57 Å². The summed E-state index contributed by atoms with van der Waals surface area (Å²) >= 11 is 0. The number of rotatable bonds is 4. The average molecular weight is 174 g/mol. The molecule has 0 amide bonds. The van der Waals surface area contributed by atoms with Crippen molar-refractivity contribution in [3.05, 3.63) is 11.6 Å². The molecule has 0 aliphatic carbocycles. The lowest BCUT2D eigenvalue weighted by Crippen LogP contribution is -2.35. The first-order valence-electron chi connectivity index (χ1n) is 3.64. The van der Waals surface area contributed by atoms with Crippen molar-refractivity contribution in [3.8, 4) is 0 Å². The first kappa shape index (κ1) is 11.3. The number of carbonyl (C=O) groups is 1. The topological polar surface area (TPSA) is 77.8 Å². The number of hydrogen-bond donors (Lipinski definition) is 3. The predicted molar refractivity (Wildman–Crippen MR) is 43.5 cm³/mol. The van der Waals surface area contributed by atoms with Crippen LogP contribution in [0.3, 0.4) is 0 Å². The van der Waals surface area contributed by atoms with E-state index in [2.05, 4.69) is 0 Å². The van der Waals surface area contributed by atoms with Crippen molar-refractivity contribution >= 4 is 5.78 Å². The van der Waals surface area contributed by atoms with Crippen LogP contribution in [-0.4, -0.2) is 39.9 Å². The smallest absolute Gasteiger partial charge is 0.186 e. The van der Waals surface area contributed by atoms with Gasteiger partial charge in [-0.15, -0.1) is 0 Å². The molecule has 4 heteroatoms. The van der Waals surface area contributed by atoms with Gasteiger partial charge >= 0.3 is 0 Å². The summed E-state index contributed by atoms with van der Waals surface area (Å²) in [5.74, 6) is -0.587. The zero-order valence-electron chi connectivity index (χ0n) is 7.19. The zero-order chi connectivity index (χ0) is 9.72. The van der Waals surface area contributed by atoms with Crippen LogP contribution in [-0.2, 0) is 4.79 Å². The Morgan fingerprint density at radius 1 is 1.42 bits per heavy atom. The molecule has 0 aliphatic rings. The Kier molecular flexibility index (Phi) is 4.73. The Hall–Kier alpha value is -0.710. The van der Waals surface area contributed by atoms with Crippen molar-refractivity contribution in [3.63, 3.8) is 0 Å². The van der Waals surface area contributed by atoms with Crippen molar-refractivity contribution in [2.24, 2.45) is 0 Å². The molecule has 0 fully saturated rings. The number of allylic oxidation sites excluding steroid dienone is 1. The fourth-order valence-electron chi connectivity index (χ4n) is 0.659. The molecule has 0 heterocycles.